The summed E-state index contributed by atoms with van der Waals surface area (Å²) in [6.45, 7) is 3.14. The van der Waals surface area contributed by atoms with Gasteiger partial charge in [0.05, 0.1) is 30.3 Å². The van der Waals surface area contributed by atoms with E-state index in [2.05, 4.69) is 10.2 Å². The average molecular weight is 386 g/mol. The molecule has 1 heterocycles. The predicted octanol–water partition coefficient (Wildman–Crippen LogP) is 3.96. The first-order valence-corrected chi connectivity index (χ1v) is 9.02. The van der Waals surface area contributed by atoms with Crippen LogP contribution in [-0.2, 0) is 22.6 Å². The van der Waals surface area contributed by atoms with Gasteiger partial charge in [0, 0.05) is 6.54 Å². The van der Waals surface area contributed by atoms with Crippen LogP contribution in [0.5, 0.6) is 0 Å². The number of halogens is 1. The molecule has 0 atom stereocenters. The largest absolute Gasteiger partial charge is 0.465 e. The first-order chi connectivity index (χ1) is 13.2. The lowest BCUT2D eigenvalue weighted by molar-refractivity contribution is -0.144. The van der Waals surface area contributed by atoms with E-state index in [9.17, 15) is 4.79 Å². The topological polar surface area (TPSA) is 68.5 Å². The van der Waals surface area contributed by atoms with Crippen LogP contribution < -0.4 is 0 Å². The van der Waals surface area contributed by atoms with Crippen molar-refractivity contribution in [1.82, 2.24) is 15.1 Å². The fourth-order valence-corrected chi connectivity index (χ4v) is 2.87. The number of hydrogen-bond donors (Lipinski definition) is 0. The third-order valence-corrected chi connectivity index (χ3v) is 4.17. The Balaban J connectivity index is 1.75. The highest BCUT2D eigenvalue weighted by atomic mass is 35.5. The molecule has 140 valence electrons. The summed E-state index contributed by atoms with van der Waals surface area (Å²) < 4.78 is 10.8. The lowest BCUT2D eigenvalue weighted by Gasteiger charge is -2.19. The molecule has 0 spiro atoms. The molecule has 0 aliphatic heterocycles. The fourth-order valence-electron chi connectivity index (χ4n) is 2.65. The lowest BCUT2D eigenvalue weighted by atomic mass is 10.2. The molecule has 1 aromatic heterocycles. The van der Waals surface area contributed by atoms with Gasteiger partial charge in [0.25, 0.3) is 0 Å². The number of aromatic nitrogens is 2. The van der Waals surface area contributed by atoms with E-state index in [1.165, 1.54) is 0 Å². The monoisotopic (exact) mass is 385 g/mol. The molecule has 3 rings (SSSR count). The van der Waals surface area contributed by atoms with E-state index >= 15 is 0 Å². The summed E-state index contributed by atoms with van der Waals surface area (Å²) in [6, 6.07) is 17.1. The van der Waals surface area contributed by atoms with Gasteiger partial charge in [0.2, 0.25) is 11.8 Å². The zero-order valence-corrected chi connectivity index (χ0v) is 15.7. The number of esters is 1. The van der Waals surface area contributed by atoms with Crippen LogP contribution in [0.15, 0.2) is 59.0 Å². The third-order valence-electron chi connectivity index (χ3n) is 3.84. The van der Waals surface area contributed by atoms with E-state index in [0.717, 1.165) is 5.56 Å². The van der Waals surface area contributed by atoms with Gasteiger partial charge >= 0.3 is 5.97 Å². The minimum Gasteiger partial charge on any atom is -0.465 e. The van der Waals surface area contributed by atoms with Crippen molar-refractivity contribution < 1.29 is 13.9 Å². The smallest absolute Gasteiger partial charge is 0.320 e. The standard InChI is InChI=1S/C20H20ClN3O3/c1-2-26-19(25)14-24(12-15-8-4-3-5-9-15)13-18-22-23-20(27-18)16-10-6-7-11-17(16)21/h3-11H,2,12-14H2,1H3. The Morgan fingerprint density at radius 1 is 1.07 bits per heavy atom. The van der Waals surface area contributed by atoms with Crippen LogP contribution in [0, 0.1) is 0 Å². The van der Waals surface area contributed by atoms with Crippen molar-refractivity contribution in [3.63, 3.8) is 0 Å². The Labute approximate surface area is 162 Å². The molecule has 3 aromatic rings. The van der Waals surface area contributed by atoms with Crippen molar-refractivity contribution in [3.8, 4) is 11.5 Å². The van der Waals surface area contributed by atoms with Crippen molar-refractivity contribution in [2.45, 2.75) is 20.0 Å². The highest BCUT2D eigenvalue weighted by Crippen LogP contribution is 2.26. The first-order valence-electron chi connectivity index (χ1n) is 8.65. The number of rotatable bonds is 8. The summed E-state index contributed by atoms with van der Waals surface area (Å²) in [5.74, 6) is 0.468. The number of hydrogen-bond acceptors (Lipinski definition) is 6. The SMILES string of the molecule is CCOC(=O)CN(Cc1ccccc1)Cc1nnc(-c2ccccc2Cl)o1. The summed E-state index contributed by atoms with van der Waals surface area (Å²) in [5.41, 5.74) is 1.76. The molecule has 0 unspecified atom stereocenters. The van der Waals surface area contributed by atoms with E-state index in [4.69, 9.17) is 20.8 Å². The van der Waals surface area contributed by atoms with Gasteiger partial charge in [0.15, 0.2) is 0 Å². The average Bonchev–Trinajstić information content (AvgIpc) is 3.11. The number of ether oxygens (including phenoxy) is 1. The predicted molar refractivity (Wildman–Crippen MR) is 102 cm³/mol. The molecule has 7 heteroatoms. The first kappa shape index (κ1) is 19.1. The maximum Gasteiger partial charge on any atom is 0.320 e. The molecule has 0 aliphatic carbocycles. The number of benzene rings is 2. The van der Waals surface area contributed by atoms with Crippen LogP contribution in [0.1, 0.15) is 18.4 Å². The van der Waals surface area contributed by atoms with Crippen LogP contribution in [0.25, 0.3) is 11.5 Å². The van der Waals surface area contributed by atoms with Gasteiger partial charge in [-0.2, -0.15) is 0 Å². The van der Waals surface area contributed by atoms with Crippen molar-refractivity contribution in [3.05, 3.63) is 71.1 Å². The van der Waals surface area contributed by atoms with E-state index < -0.39 is 0 Å². The molecular weight excluding hydrogens is 366 g/mol. The fraction of sp³-hybridized carbons (Fsp3) is 0.250. The van der Waals surface area contributed by atoms with Gasteiger partial charge in [-0.15, -0.1) is 10.2 Å². The molecule has 0 amide bonds. The summed E-state index contributed by atoms with van der Waals surface area (Å²) in [4.78, 5) is 13.9. The molecule has 0 fully saturated rings. The van der Waals surface area contributed by atoms with Crippen LogP contribution in [0.2, 0.25) is 5.02 Å². The highest BCUT2D eigenvalue weighted by molar-refractivity contribution is 6.33. The molecule has 2 aromatic carbocycles. The summed E-state index contributed by atoms with van der Waals surface area (Å²) >= 11 is 6.19. The summed E-state index contributed by atoms with van der Waals surface area (Å²) in [6.07, 6.45) is 0. The number of carbonyl (C=O) groups excluding carboxylic acids is 1. The zero-order chi connectivity index (χ0) is 19.1. The minimum absolute atomic E-state index is 0.131. The van der Waals surface area contributed by atoms with Gasteiger partial charge in [0.1, 0.15) is 0 Å². The van der Waals surface area contributed by atoms with Crippen molar-refractivity contribution in [2.24, 2.45) is 0 Å². The minimum atomic E-state index is -0.292. The molecule has 27 heavy (non-hydrogen) atoms. The van der Waals surface area contributed by atoms with Crippen LogP contribution in [0.3, 0.4) is 0 Å². The van der Waals surface area contributed by atoms with Gasteiger partial charge in [-0.1, -0.05) is 54.1 Å². The Morgan fingerprint density at radius 3 is 2.56 bits per heavy atom. The molecular formula is C20H20ClN3O3. The maximum atomic E-state index is 12.0. The Morgan fingerprint density at radius 2 is 1.81 bits per heavy atom. The van der Waals surface area contributed by atoms with Gasteiger partial charge in [-0.3, -0.25) is 9.69 Å². The second kappa shape index (κ2) is 9.30. The van der Waals surface area contributed by atoms with Crippen molar-refractivity contribution in [1.29, 1.82) is 0 Å². The quantitative estimate of drug-likeness (QED) is 0.547. The normalized spacial score (nSPS) is 10.9. The van der Waals surface area contributed by atoms with Crippen LogP contribution in [-0.4, -0.2) is 34.2 Å². The molecule has 0 N–H and O–H groups in total. The van der Waals surface area contributed by atoms with Gasteiger partial charge in [-0.25, -0.2) is 0 Å². The Hall–Kier alpha value is -2.70. The Bertz CT molecular complexity index is 883. The van der Waals surface area contributed by atoms with Crippen LogP contribution >= 0.6 is 11.6 Å². The van der Waals surface area contributed by atoms with Gasteiger partial charge < -0.3 is 9.15 Å². The van der Waals surface area contributed by atoms with E-state index in [0.29, 0.717) is 42.1 Å². The Kier molecular flexibility index (Phi) is 6.57. The van der Waals surface area contributed by atoms with Crippen LogP contribution in [0.4, 0.5) is 0 Å². The van der Waals surface area contributed by atoms with E-state index in [1.807, 2.05) is 53.4 Å². The maximum absolute atomic E-state index is 12.0. The van der Waals surface area contributed by atoms with Crippen molar-refractivity contribution >= 4 is 17.6 Å². The number of nitrogens with zero attached hydrogens (tertiary/aromatic N) is 3. The molecule has 0 saturated carbocycles. The molecule has 6 nitrogen and oxygen atoms in total. The third kappa shape index (κ3) is 5.39. The van der Waals surface area contributed by atoms with E-state index in [-0.39, 0.29) is 12.5 Å². The summed E-state index contributed by atoms with van der Waals surface area (Å²) in [5, 5.41) is 8.72. The van der Waals surface area contributed by atoms with Gasteiger partial charge in [-0.05, 0) is 24.6 Å². The second-order valence-electron chi connectivity index (χ2n) is 5.92. The zero-order valence-electron chi connectivity index (χ0n) is 15.0. The number of carbonyl (C=O) groups is 1. The molecule has 0 bridgehead atoms. The molecule has 0 aliphatic rings. The van der Waals surface area contributed by atoms with Crippen molar-refractivity contribution in [2.75, 3.05) is 13.2 Å². The second-order valence-corrected chi connectivity index (χ2v) is 6.32. The summed E-state index contributed by atoms with van der Waals surface area (Å²) in [7, 11) is 0. The molecule has 0 radical (unpaired) electrons. The highest BCUT2D eigenvalue weighted by Gasteiger charge is 2.17. The lowest BCUT2D eigenvalue weighted by Crippen LogP contribution is -2.30. The van der Waals surface area contributed by atoms with E-state index in [1.54, 1.807) is 13.0 Å². The molecule has 0 saturated heterocycles.